The topological polar surface area (TPSA) is 71.8 Å². The molecule has 6 nitrogen and oxygen atoms in total. The molecule has 1 aliphatic carbocycles. The Balaban J connectivity index is 1.41. The Morgan fingerprint density at radius 1 is 1.27 bits per heavy atom. The monoisotopic (exact) mass is 393 g/mol. The van der Waals surface area contributed by atoms with E-state index >= 15 is 0 Å². The number of anilines is 1. The minimum absolute atomic E-state index is 0.0200. The van der Waals surface area contributed by atoms with E-state index in [-0.39, 0.29) is 17.7 Å². The molecule has 1 amide bonds. The first kappa shape index (κ1) is 17.8. The first-order valence-corrected chi connectivity index (χ1v) is 9.66. The van der Waals surface area contributed by atoms with Crippen molar-refractivity contribution >= 4 is 35.1 Å². The minimum atomic E-state index is -0.0636. The van der Waals surface area contributed by atoms with Crippen LogP contribution in [0.4, 0.5) is 5.95 Å². The zero-order valence-electron chi connectivity index (χ0n) is 14.5. The van der Waals surface area contributed by atoms with E-state index < -0.39 is 0 Å². The number of hydrogen-bond donors (Lipinski definition) is 2. The summed E-state index contributed by atoms with van der Waals surface area (Å²) in [7, 11) is 1.82. The van der Waals surface area contributed by atoms with Crippen LogP contribution in [0, 0.1) is 5.92 Å². The predicted molar refractivity (Wildman–Crippen MR) is 102 cm³/mol. The molecule has 1 aromatic carbocycles. The number of aryl methyl sites for hydroxylation is 1. The van der Waals surface area contributed by atoms with E-state index in [1.807, 2.05) is 19.2 Å². The zero-order chi connectivity index (χ0) is 18.3. The van der Waals surface area contributed by atoms with Gasteiger partial charge in [0.25, 0.3) is 0 Å². The van der Waals surface area contributed by atoms with Crippen LogP contribution >= 0.6 is 23.2 Å². The molecule has 138 valence electrons. The number of carbonyl (C=O) groups excluding carboxylic acids is 1. The number of benzene rings is 1. The lowest BCUT2D eigenvalue weighted by Gasteiger charge is -2.19. The third-order valence-electron chi connectivity index (χ3n) is 5.22. The van der Waals surface area contributed by atoms with Gasteiger partial charge in [0.1, 0.15) is 0 Å². The molecule has 2 atom stereocenters. The molecule has 1 aromatic heterocycles. The lowest BCUT2D eigenvalue weighted by atomic mass is 9.98. The first-order chi connectivity index (χ1) is 12.5. The number of nitrogens with zero attached hydrogens (tertiary/aromatic N) is 3. The van der Waals surface area contributed by atoms with Gasteiger partial charge in [-0.25, -0.2) is 4.68 Å². The van der Waals surface area contributed by atoms with Crippen LogP contribution in [-0.2, 0) is 11.8 Å². The van der Waals surface area contributed by atoms with Gasteiger partial charge in [-0.2, -0.15) is 10.1 Å². The summed E-state index contributed by atoms with van der Waals surface area (Å²) < 4.78 is 1.66. The highest BCUT2D eigenvalue weighted by molar-refractivity contribution is 6.42. The summed E-state index contributed by atoms with van der Waals surface area (Å²) in [6.45, 7) is 1.97. The molecule has 2 aromatic rings. The summed E-state index contributed by atoms with van der Waals surface area (Å²) in [6, 6.07) is 5.56. The van der Waals surface area contributed by atoms with Crippen molar-refractivity contribution in [2.45, 2.75) is 31.1 Å². The SMILES string of the molecule is Cn1nc(C2CCNCC2)nc1NC(=O)C1CC1c1ccc(Cl)c(Cl)c1. The van der Waals surface area contributed by atoms with Gasteiger partial charge in [0.2, 0.25) is 11.9 Å². The second-order valence-corrected chi connectivity index (χ2v) is 7.87. The van der Waals surface area contributed by atoms with Crippen molar-refractivity contribution in [3.8, 4) is 0 Å². The lowest BCUT2D eigenvalue weighted by molar-refractivity contribution is -0.117. The molecule has 2 aliphatic rings. The van der Waals surface area contributed by atoms with Gasteiger partial charge < -0.3 is 5.32 Å². The minimum Gasteiger partial charge on any atom is -0.317 e. The maximum absolute atomic E-state index is 12.6. The number of halogens is 2. The smallest absolute Gasteiger partial charge is 0.230 e. The van der Waals surface area contributed by atoms with Crippen LogP contribution in [0.1, 0.15) is 42.5 Å². The van der Waals surface area contributed by atoms with Gasteiger partial charge in [0, 0.05) is 18.9 Å². The molecular formula is C18H21Cl2N5O. The highest BCUT2D eigenvalue weighted by Gasteiger charge is 2.44. The van der Waals surface area contributed by atoms with E-state index in [1.165, 1.54) is 0 Å². The molecule has 1 saturated heterocycles. The number of nitrogens with one attached hydrogen (secondary N) is 2. The Hall–Kier alpha value is -1.63. The van der Waals surface area contributed by atoms with Crippen LogP contribution in [0.25, 0.3) is 0 Å². The molecule has 0 spiro atoms. The van der Waals surface area contributed by atoms with Crippen LogP contribution < -0.4 is 10.6 Å². The summed E-state index contributed by atoms with van der Waals surface area (Å²) in [5.74, 6) is 1.80. The summed E-state index contributed by atoms with van der Waals surface area (Å²) in [4.78, 5) is 17.1. The first-order valence-electron chi connectivity index (χ1n) is 8.90. The van der Waals surface area contributed by atoms with Crippen molar-refractivity contribution in [3.63, 3.8) is 0 Å². The second kappa shape index (κ2) is 7.18. The molecule has 1 saturated carbocycles. The number of rotatable bonds is 4. The van der Waals surface area contributed by atoms with E-state index in [0.29, 0.717) is 21.9 Å². The van der Waals surface area contributed by atoms with Gasteiger partial charge in [-0.3, -0.25) is 10.1 Å². The van der Waals surface area contributed by atoms with Crippen molar-refractivity contribution < 1.29 is 4.79 Å². The molecule has 2 fully saturated rings. The molecule has 0 radical (unpaired) electrons. The molecule has 1 aliphatic heterocycles. The summed E-state index contributed by atoms with van der Waals surface area (Å²) in [5.41, 5.74) is 1.05. The fourth-order valence-corrected chi connectivity index (χ4v) is 3.87. The highest BCUT2D eigenvalue weighted by atomic mass is 35.5. The number of hydrogen-bond acceptors (Lipinski definition) is 4. The molecule has 2 unspecified atom stereocenters. The average Bonchev–Trinajstić information content (AvgIpc) is 3.36. The Labute approximate surface area is 162 Å². The standard InChI is InChI=1S/C18H21Cl2N5O/c1-25-18(22-16(24-25)10-4-6-21-7-5-10)23-17(26)13-9-12(13)11-2-3-14(19)15(20)8-11/h2-3,8,10,12-13,21H,4-7,9H2,1H3,(H,22,23,24,26). The van der Waals surface area contributed by atoms with Crippen LogP contribution in [0.15, 0.2) is 18.2 Å². The Kier molecular flexibility index (Phi) is 4.90. The molecule has 0 bridgehead atoms. The van der Waals surface area contributed by atoms with Crippen molar-refractivity contribution in [2.75, 3.05) is 18.4 Å². The summed E-state index contributed by atoms with van der Waals surface area (Å²) in [5, 5.41) is 11.8. The van der Waals surface area contributed by atoms with Crippen LogP contribution in [0.3, 0.4) is 0 Å². The molecule has 26 heavy (non-hydrogen) atoms. The van der Waals surface area contributed by atoms with Gasteiger partial charge in [-0.15, -0.1) is 0 Å². The number of piperidine rings is 1. The third-order valence-corrected chi connectivity index (χ3v) is 5.96. The Morgan fingerprint density at radius 3 is 2.77 bits per heavy atom. The maximum Gasteiger partial charge on any atom is 0.230 e. The predicted octanol–water partition coefficient (Wildman–Crippen LogP) is 3.33. The Morgan fingerprint density at radius 2 is 2.04 bits per heavy atom. The highest BCUT2D eigenvalue weighted by Crippen LogP contribution is 2.48. The van der Waals surface area contributed by atoms with Gasteiger partial charge in [-0.05, 0) is 56.0 Å². The van der Waals surface area contributed by atoms with Gasteiger partial charge in [-0.1, -0.05) is 29.3 Å². The third kappa shape index (κ3) is 3.59. The van der Waals surface area contributed by atoms with Crippen molar-refractivity contribution in [3.05, 3.63) is 39.6 Å². The number of carbonyl (C=O) groups is 1. The van der Waals surface area contributed by atoms with Crippen LogP contribution in [0.2, 0.25) is 10.0 Å². The largest absolute Gasteiger partial charge is 0.317 e. The molecule has 4 rings (SSSR count). The number of aromatic nitrogens is 3. The Bertz CT molecular complexity index is 831. The summed E-state index contributed by atoms with van der Waals surface area (Å²) in [6.07, 6.45) is 2.86. The van der Waals surface area contributed by atoms with E-state index in [4.69, 9.17) is 23.2 Å². The van der Waals surface area contributed by atoms with Crippen molar-refractivity contribution in [2.24, 2.45) is 13.0 Å². The molecular weight excluding hydrogens is 373 g/mol. The van der Waals surface area contributed by atoms with Crippen LogP contribution in [-0.4, -0.2) is 33.8 Å². The fourth-order valence-electron chi connectivity index (χ4n) is 3.57. The van der Waals surface area contributed by atoms with Gasteiger partial charge >= 0.3 is 0 Å². The maximum atomic E-state index is 12.6. The van der Waals surface area contributed by atoms with E-state index in [2.05, 4.69) is 20.7 Å². The van der Waals surface area contributed by atoms with Gasteiger partial charge in [0.05, 0.1) is 10.0 Å². The van der Waals surface area contributed by atoms with Crippen LogP contribution in [0.5, 0.6) is 0 Å². The molecule has 2 N–H and O–H groups in total. The van der Waals surface area contributed by atoms with Gasteiger partial charge in [0.15, 0.2) is 5.82 Å². The van der Waals surface area contributed by atoms with E-state index in [0.717, 1.165) is 43.7 Å². The average molecular weight is 394 g/mol. The normalized spacial score (nSPS) is 23.0. The summed E-state index contributed by atoms with van der Waals surface area (Å²) >= 11 is 12.0. The zero-order valence-corrected chi connectivity index (χ0v) is 16.0. The van der Waals surface area contributed by atoms with E-state index in [1.54, 1.807) is 10.7 Å². The quantitative estimate of drug-likeness (QED) is 0.835. The molecule has 2 heterocycles. The lowest BCUT2D eigenvalue weighted by Crippen LogP contribution is -2.27. The molecule has 8 heteroatoms. The fraction of sp³-hybridized carbons (Fsp3) is 0.500. The number of amides is 1. The second-order valence-electron chi connectivity index (χ2n) is 7.05. The van der Waals surface area contributed by atoms with E-state index in [9.17, 15) is 4.79 Å². The van der Waals surface area contributed by atoms with Crippen molar-refractivity contribution in [1.82, 2.24) is 20.1 Å². The van der Waals surface area contributed by atoms with Crippen molar-refractivity contribution in [1.29, 1.82) is 0 Å².